The Bertz CT molecular complexity index is 623. The molecule has 21 heavy (non-hydrogen) atoms. The summed E-state index contributed by atoms with van der Waals surface area (Å²) in [6.45, 7) is 0.440. The molecule has 0 heterocycles. The van der Waals surface area contributed by atoms with Crippen LogP contribution in [0.5, 0.6) is 17.2 Å². The number of ether oxygens (including phenoxy) is 1. The lowest BCUT2D eigenvalue weighted by Gasteiger charge is -2.07. The van der Waals surface area contributed by atoms with E-state index < -0.39 is 0 Å². The van der Waals surface area contributed by atoms with Gasteiger partial charge in [0.1, 0.15) is 5.75 Å². The van der Waals surface area contributed by atoms with Gasteiger partial charge in [0.2, 0.25) is 0 Å². The van der Waals surface area contributed by atoms with Gasteiger partial charge in [0.15, 0.2) is 11.5 Å². The third-order valence-electron chi connectivity index (χ3n) is 3.09. The summed E-state index contributed by atoms with van der Waals surface area (Å²) in [7, 11) is 1.57. The van der Waals surface area contributed by atoms with Crippen LogP contribution in [-0.4, -0.2) is 29.8 Å². The highest BCUT2D eigenvalue weighted by Crippen LogP contribution is 2.24. The van der Waals surface area contributed by atoms with Gasteiger partial charge in [0.05, 0.1) is 7.11 Å². The Hall–Kier alpha value is -2.69. The second kappa shape index (κ2) is 6.65. The summed E-state index contributed by atoms with van der Waals surface area (Å²) in [6, 6.07) is 11.5. The average molecular weight is 287 g/mol. The van der Waals surface area contributed by atoms with Gasteiger partial charge in [-0.3, -0.25) is 4.79 Å². The van der Waals surface area contributed by atoms with Gasteiger partial charge in [-0.25, -0.2) is 0 Å². The number of rotatable bonds is 5. The molecule has 0 spiro atoms. The summed E-state index contributed by atoms with van der Waals surface area (Å²) < 4.78 is 5.03. The molecule has 110 valence electrons. The Balaban J connectivity index is 1.87. The molecule has 0 aliphatic carbocycles. The number of benzene rings is 2. The van der Waals surface area contributed by atoms with E-state index in [-0.39, 0.29) is 17.4 Å². The number of phenolic OH excluding ortho intramolecular Hbond substituents is 2. The van der Waals surface area contributed by atoms with E-state index in [1.807, 2.05) is 0 Å². The topological polar surface area (TPSA) is 78.8 Å². The maximum Gasteiger partial charge on any atom is 0.251 e. The van der Waals surface area contributed by atoms with Crippen LogP contribution >= 0.6 is 0 Å². The fourth-order valence-corrected chi connectivity index (χ4v) is 1.89. The van der Waals surface area contributed by atoms with Crippen molar-refractivity contribution < 1.29 is 19.7 Å². The normalized spacial score (nSPS) is 10.1. The Labute approximate surface area is 122 Å². The highest BCUT2D eigenvalue weighted by atomic mass is 16.5. The minimum atomic E-state index is -0.166. The average Bonchev–Trinajstić information content (AvgIpc) is 2.51. The maximum atomic E-state index is 11.9. The first kappa shape index (κ1) is 14.7. The number of hydrogen-bond acceptors (Lipinski definition) is 4. The number of hydrogen-bond donors (Lipinski definition) is 3. The van der Waals surface area contributed by atoms with Gasteiger partial charge in [-0.15, -0.1) is 0 Å². The Kier molecular flexibility index (Phi) is 4.66. The van der Waals surface area contributed by atoms with Crippen LogP contribution in [0.1, 0.15) is 15.9 Å². The van der Waals surface area contributed by atoms with Crippen LogP contribution in [0.25, 0.3) is 0 Å². The molecule has 2 rings (SSSR count). The van der Waals surface area contributed by atoms with Crippen molar-refractivity contribution in [3.63, 3.8) is 0 Å². The molecule has 0 fully saturated rings. The second-order valence-electron chi connectivity index (χ2n) is 4.56. The SMILES string of the molecule is COc1ccc(C(=O)NCCc2ccc(O)c(O)c2)cc1. The molecule has 5 heteroatoms. The molecule has 0 bridgehead atoms. The van der Waals surface area contributed by atoms with Crippen LogP contribution in [0, 0.1) is 0 Å². The minimum Gasteiger partial charge on any atom is -0.504 e. The van der Waals surface area contributed by atoms with E-state index in [2.05, 4.69) is 5.32 Å². The van der Waals surface area contributed by atoms with E-state index in [0.717, 1.165) is 5.56 Å². The lowest BCUT2D eigenvalue weighted by Crippen LogP contribution is -2.25. The number of nitrogens with one attached hydrogen (secondary N) is 1. The fraction of sp³-hybridized carbons (Fsp3) is 0.188. The number of carbonyl (C=O) groups excluding carboxylic acids is 1. The monoisotopic (exact) mass is 287 g/mol. The summed E-state index contributed by atoms with van der Waals surface area (Å²) in [5, 5.41) is 21.4. The van der Waals surface area contributed by atoms with Crippen molar-refractivity contribution in [1.29, 1.82) is 0 Å². The third kappa shape index (κ3) is 3.89. The molecule has 0 atom stereocenters. The second-order valence-corrected chi connectivity index (χ2v) is 4.56. The molecule has 0 unspecified atom stereocenters. The number of phenols is 2. The molecule has 0 radical (unpaired) electrons. The van der Waals surface area contributed by atoms with Gasteiger partial charge in [0, 0.05) is 12.1 Å². The summed E-state index contributed by atoms with van der Waals surface area (Å²) in [5.41, 5.74) is 1.39. The zero-order valence-corrected chi connectivity index (χ0v) is 11.7. The minimum absolute atomic E-state index is 0.152. The van der Waals surface area contributed by atoms with Crippen LogP contribution in [0.4, 0.5) is 0 Å². The van der Waals surface area contributed by atoms with Crippen LogP contribution in [-0.2, 0) is 6.42 Å². The molecule has 0 aromatic heterocycles. The van der Waals surface area contributed by atoms with E-state index >= 15 is 0 Å². The molecular weight excluding hydrogens is 270 g/mol. The summed E-state index contributed by atoms with van der Waals surface area (Å²) >= 11 is 0. The van der Waals surface area contributed by atoms with Crippen molar-refractivity contribution in [2.24, 2.45) is 0 Å². The third-order valence-corrected chi connectivity index (χ3v) is 3.09. The highest BCUT2D eigenvalue weighted by Gasteiger charge is 2.06. The molecule has 2 aromatic rings. The number of carbonyl (C=O) groups is 1. The standard InChI is InChI=1S/C16H17NO4/c1-21-13-5-3-12(4-6-13)16(20)17-9-8-11-2-7-14(18)15(19)10-11/h2-7,10,18-19H,8-9H2,1H3,(H,17,20). The van der Waals surface area contributed by atoms with Gasteiger partial charge >= 0.3 is 0 Å². The molecule has 1 amide bonds. The van der Waals surface area contributed by atoms with Crippen molar-refractivity contribution in [2.75, 3.05) is 13.7 Å². The zero-order valence-electron chi connectivity index (χ0n) is 11.7. The van der Waals surface area contributed by atoms with E-state index in [0.29, 0.717) is 24.3 Å². The molecule has 5 nitrogen and oxygen atoms in total. The predicted molar refractivity (Wildman–Crippen MR) is 78.8 cm³/mol. The van der Waals surface area contributed by atoms with Crippen molar-refractivity contribution in [3.05, 3.63) is 53.6 Å². The first-order valence-electron chi connectivity index (χ1n) is 6.53. The first-order valence-corrected chi connectivity index (χ1v) is 6.53. The van der Waals surface area contributed by atoms with Crippen molar-refractivity contribution in [3.8, 4) is 17.2 Å². The lowest BCUT2D eigenvalue weighted by atomic mass is 10.1. The highest BCUT2D eigenvalue weighted by molar-refractivity contribution is 5.94. The molecular formula is C16H17NO4. The van der Waals surface area contributed by atoms with E-state index in [9.17, 15) is 15.0 Å². The van der Waals surface area contributed by atoms with Crippen LogP contribution in [0.3, 0.4) is 0 Å². The van der Waals surface area contributed by atoms with Crippen LogP contribution < -0.4 is 10.1 Å². The number of aromatic hydroxyl groups is 2. The van der Waals surface area contributed by atoms with Crippen molar-refractivity contribution in [2.45, 2.75) is 6.42 Å². The lowest BCUT2D eigenvalue weighted by molar-refractivity contribution is 0.0954. The van der Waals surface area contributed by atoms with Gasteiger partial charge in [-0.1, -0.05) is 6.07 Å². The summed E-state index contributed by atoms with van der Waals surface area (Å²) in [4.78, 5) is 11.9. The van der Waals surface area contributed by atoms with E-state index in [4.69, 9.17) is 4.74 Å². The number of methoxy groups -OCH3 is 1. The molecule has 0 aliphatic heterocycles. The van der Waals surface area contributed by atoms with Crippen molar-refractivity contribution in [1.82, 2.24) is 5.32 Å². The number of amides is 1. The predicted octanol–water partition coefficient (Wildman–Crippen LogP) is 2.08. The molecule has 3 N–H and O–H groups in total. The fourth-order valence-electron chi connectivity index (χ4n) is 1.89. The smallest absolute Gasteiger partial charge is 0.251 e. The molecule has 0 saturated carbocycles. The largest absolute Gasteiger partial charge is 0.504 e. The zero-order chi connectivity index (χ0) is 15.2. The summed E-state index contributed by atoms with van der Waals surface area (Å²) in [6.07, 6.45) is 0.565. The van der Waals surface area contributed by atoms with Gasteiger partial charge in [-0.05, 0) is 48.4 Å². The van der Waals surface area contributed by atoms with Crippen LogP contribution in [0.15, 0.2) is 42.5 Å². The first-order chi connectivity index (χ1) is 10.1. The Morgan fingerprint density at radius 3 is 2.43 bits per heavy atom. The van der Waals surface area contributed by atoms with Crippen molar-refractivity contribution >= 4 is 5.91 Å². The quantitative estimate of drug-likeness (QED) is 0.736. The summed E-state index contributed by atoms with van der Waals surface area (Å²) in [5.74, 6) is 0.224. The van der Waals surface area contributed by atoms with E-state index in [1.54, 1.807) is 37.4 Å². The molecule has 0 saturated heterocycles. The van der Waals surface area contributed by atoms with Gasteiger partial charge in [0.25, 0.3) is 5.91 Å². The molecule has 0 aliphatic rings. The maximum absolute atomic E-state index is 11.9. The molecule has 2 aromatic carbocycles. The van der Waals surface area contributed by atoms with Gasteiger partial charge < -0.3 is 20.3 Å². The van der Waals surface area contributed by atoms with E-state index in [1.165, 1.54) is 12.1 Å². The van der Waals surface area contributed by atoms with Gasteiger partial charge in [-0.2, -0.15) is 0 Å². The van der Waals surface area contributed by atoms with Crippen LogP contribution in [0.2, 0.25) is 0 Å². The Morgan fingerprint density at radius 1 is 1.10 bits per heavy atom. The Morgan fingerprint density at radius 2 is 1.81 bits per heavy atom.